The number of hydrogen-bond acceptors (Lipinski definition) is 11. The van der Waals surface area contributed by atoms with Crippen molar-refractivity contribution < 1.29 is 43.3 Å². The number of rotatable bonds is 7. The van der Waals surface area contributed by atoms with E-state index >= 15 is 0 Å². The molecule has 3 N–H and O–H groups in total. The van der Waals surface area contributed by atoms with Gasteiger partial charge in [-0.1, -0.05) is 12.1 Å². The van der Waals surface area contributed by atoms with Crippen LogP contribution in [0.15, 0.2) is 77.0 Å². The third-order valence-corrected chi connectivity index (χ3v) is 5.62. The number of ether oxygens (including phenoxy) is 6. The van der Waals surface area contributed by atoms with Crippen molar-refractivity contribution in [1.82, 2.24) is 0 Å². The zero-order chi connectivity index (χ0) is 28.7. The minimum atomic E-state index is -1.56. The summed E-state index contributed by atoms with van der Waals surface area (Å²) in [6.45, 7) is 3.31. The molecular weight excluding hydrogens is 533 g/mol. The van der Waals surface area contributed by atoms with E-state index in [-0.39, 0.29) is 12.5 Å². The van der Waals surface area contributed by atoms with Crippen molar-refractivity contribution in [1.29, 1.82) is 0 Å². The number of benzene rings is 3. The fourth-order valence-corrected chi connectivity index (χ4v) is 3.56. The molecule has 0 atom stereocenters. The minimum Gasteiger partial charge on any atom is -0.487 e. The predicted octanol–water partition coefficient (Wildman–Crippen LogP) is 2.62. The lowest BCUT2D eigenvalue weighted by Crippen LogP contribution is -2.29. The van der Waals surface area contributed by atoms with Gasteiger partial charge in [-0.2, -0.15) is 10.2 Å². The van der Waals surface area contributed by atoms with Crippen molar-refractivity contribution in [3.8, 4) is 17.2 Å². The Balaban J connectivity index is 1.29. The van der Waals surface area contributed by atoms with Crippen molar-refractivity contribution in [3.05, 3.63) is 66.7 Å². The van der Waals surface area contributed by atoms with Gasteiger partial charge in [-0.3, -0.25) is 4.79 Å². The summed E-state index contributed by atoms with van der Waals surface area (Å²) in [6, 6.07) is 18.3. The lowest BCUT2D eigenvalue weighted by Gasteiger charge is -2.13. The van der Waals surface area contributed by atoms with E-state index in [9.17, 15) is 4.79 Å². The van der Waals surface area contributed by atoms with Crippen LogP contribution >= 0.6 is 0 Å². The summed E-state index contributed by atoms with van der Waals surface area (Å²) in [7, 11) is -1.56. The molecule has 0 spiro atoms. The molecule has 1 aliphatic rings. The third-order valence-electron chi connectivity index (χ3n) is 5.62. The normalized spacial score (nSPS) is 15.0. The van der Waals surface area contributed by atoms with Crippen LogP contribution in [0.1, 0.15) is 0 Å². The second-order valence-electron chi connectivity index (χ2n) is 8.69. The maximum Gasteiger partial charge on any atom is 0.488 e. The lowest BCUT2D eigenvalue weighted by molar-refractivity contribution is -0.118. The van der Waals surface area contributed by atoms with E-state index in [4.69, 9.17) is 38.5 Å². The molecular formula is C28H32BN3O9. The monoisotopic (exact) mass is 565 g/mol. The molecule has 1 heterocycles. The van der Waals surface area contributed by atoms with Crippen molar-refractivity contribution in [3.63, 3.8) is 0 Å². The van der Waals surface area contributed by atoms with E-state index < -0.39 is 7.12 Å². The summed E-state index contributed by atoms with van der Waals surface area (Å²) in [6.07, 6.45) is 0. The van der Waals surface area contributed by atoms with E-state index in [0.29, 0.717) is 92.6 Å². The second kappa shape index (κ2) is 16.3. The smallest absolute Gasteiger partial charge is 0.487 e. The highest BCUT2D eigenvalue weighted by Crippen LogP contribution is 2.33. The van der Waals surface area contributed by atoms with Crippen LogP contribution in [0, 0.1) is 0 Å². The maximum atomic E-state index is 12.2. The molecule has 0 saturated heterocycles. The molecule has 0 aliphatic carbocycles. The largest absolute Gasteiger partial charge is 0.488 e. The first-order chi connectivity index (χ1) is 20.1. The van der Waals surface area contributed by atoms with Crippen LogP contribution in [0.3, 0.4) is 0 Å². The first kappa shape index (κ1) is 30.0. The third kappa shape index (κ3) is 10.5. The fraction of sp³-hybridized carbons (Fsp3) is 0.321. The van der Waals surface area contributed by atoms with Crippen LogP contribution in [0.5, 0.6) is 17.2 Å². The van der Waals surface area contributed by atoms with Crippen molar-refractivity contribution >= 4 is 35.6 Å². The number of carbonyl (C=O) groups is 1. The SMILES string of the molecule is O=C(COc1ccc(N=Nc2ccc3c(c2)OCCOCCOCCOCCO3)cc1)Nc1ccc(B(O)O)cc1. The Labute approximate surface area is 238 Å². The Kier molecular flexibility index (Phi) is 11.9. The second-order valence-corrected chi connectivity index (χ2v) is 8.69. The fourth-order valence-electron chi connectivity index (χ4n) is 3.56. The van der Waals surface area contributed by atoms with Crippen LogP contribution in [-0.2, 0) is 19.0 Å². The predicted molar refractivity (Wildman–Crippen MR) is 151 cm³/mol. The molecule has 0 bridgehead atoms. The highest BCUT2D eigenvalue weighted by Gasteiger charge is 2.11. The molecule has 0 radical (unpaired) electrons. The number of azo groups is 1. The number of hydrogen-bond donors (Lipinski definition) is 3. The van der Waals surface area contributed by atoms with Gasteiger partial charge in [-0.25, -0.2) is 0 Å². The molecule has 0 unspecified atom stereocenters. The summed E-state index contributed by atoms with van der Waals surface area (Å²) in [5, 5.41) is 29.5. The molecule has 4 rings (SSSR count). The van der Waals surface area contributed by atoms with Crippen LogP contribution in [-0.4, -0.2) is 82.5 Å². The van der Waals surface area contributed by atoms with Gasteiger partial charge in [0.25, 0.3) is 5.91 Å². The number of fused-ring (bicyclic) bond motifs is 1. The molecule has 0 saturated carbocycles. The van der Waals surface area contributed by atoms with Gasteiger partial charge in [0.05, 0.1) is 51.0 Å². The highest BCUT2D eigenvalue weighted by molar-refractivity contribution is 6.58. The van der Waals surface area contributed by atoms with Crippen molar-refractivity contribution in [2.45, 2.75) is 0 Å². The van der Waals surface area contributed by atoms with Crippen LogP contribution < -0.4 is 25.0 Å². The number of carbonyl (C=O) groups excluding carboxylic acids is 1. The van der Waals surface area contributed by atoms with Gasteiger partial charge in [0.1, 0.15) is 19.0 Å². The van der Waals surface area contributed by atoms with Gasteiger partial charge in [-0.05, 0) is 54.0 Å². The summed E-state index contributed by atoms with van der Waals surface area (Å²) in [4.78, 5) is 12.2. The van der Waals surface area contributed by atoms with Crippen LogP contribution in [0.25, 0.3) is 0 Å². The van der Waals surface area contributed by atoms with Gasteiger partial charge >= 0.3 is 7.12 Å². The number of anilines is 1. The van der Waals surface area contributed by atoms with Gasteiger partial charge < -0.3 is 43.8 Å². The zero-order valence-corrected chi connectivity index (χ0v) is 22.4. The summed E-state index contributed by atoms with van der Waals surface area (Å²) >= 11 is 0. The van der Waals surface area contributed by atoms with Gasteiger partial charge in [0.15, 0.2) is 18.1 Å². The number of amides is 1. The van der Waals surface area contributed by atoms with Gasteiger partial charge in [0.2, 0.25) is 0 Å². The summed E-state index contributed by atoms with van der Waals surface area (Å²) in [5.41, 5.74) is 2.01. The molecule has 216 valence electrons. The maximum absolute atomic E-state index is 12.2. The standard InChI is InChI=1S/C28H32BN3O9/c33-28(30-22-3-1-21(2-4-22)29(34)35)20-41-25-8-5-23(6-9-25)31-32-24-7-10-26-27(19-24)40-18-16-38-14-12-36-11-13-37-15-17-39-26/h1-10,19,34-35H,11-18,20H2,(H,30,33). The molecule has 1 aliphatic heterocycles. The quantitative estimate of drug-likeness (QED) is 0.290. The highest BCUT2D eigenvalue weighted by atomic mass is 16.6. The molecule has 41 heavy (non-hydrogen) atoms. The molecule has 1 amide bonds. The first-order valence-electron chi connectivity index (χ1n) is 13.1. The van der Waals surface area contributed by atoms with Crippen LogP contribution in [0.2, 0.25) is 0 Å². The van der Waals surface area contributed by atoms with E-state index in [1.54, 1.807) is 54.6 Å². The topological polar surface area (TPSA) is 150 Å². The van der Waals surface area contributed by atoms with Gasteiger partial charge in [-0.15, -0.1) is 0 Å². The van der Waals surface area contributed by atoms with Gasteiger partial charge in [0, 0.05) is 11.8 Å². The molecule has 0 fully saturated rings. The van der Waals surface area contributed by atoms with Crippen LogP contribution in [0.4, 0.5) is 17.1 Å². The first-order valence-corrected chi connectivity index (χ1v) is 13.1. The molecule has 12 nitrogen and oxygen atoms in total. The Bertz CT molecular complexity index is 1260. The summed E-state index contributed by atoms with van der Waals surface area (Å²) < 4.78 is 33.7. The minimum absolute atomic E-state index is 0.201. The average Bonchev–Trinajstić information content (AvgIpc) is 2.99. The Morgan fingerprint density at radius 2 is 1.29 bits per heavy atom. The molecule has 3 aromatic rings. The molecule has 0 aromatic heterocycles. The average molecular weight is 565 g/mol. The summed E-state index contributed by atoms with van der Waals surface area (Å²) in [5.74, 6) is 1.23. The van der Waals surface area contributed by atoms with E-state index in [1.165, 1.54) is 12.1 Å². The van der Waals surface area contributed by atoms with E-state index in [2.05, 4.69) is 15.5 Å². The number of nitrogens with one attached hydrogen (secondary N) is 1. The zero-order valence-electron chi connectivity index (χ0n) is 22.4. The Hall–Kier alpha value is -4.01. The van der Waals surface area contributed by atoms with Crippen molar-refractivity contribution in [2.24, 2.45) is 10.2 Å². The number of nitrogens with zero attached hydrogens (tertiary/aromatic N) is 2. The Morgan fingerprint density at radius 3 is 1.93 bits per heavy atom. The molecule has 3 aromatic carbocycles. The lowest BCUT2D eigenvalue weighted by atomic mass is 9.80. The van der Waals surface area contributed by atoms with E-state index in [1.807, 2.05) is 0 Å². The molecule has 13 heteroatoms. The Morgan fingerprint density at radius 1 is 0.732 bits per heavy atom. The van der Waals surface area contributed by atoms with Crippen molar-refractivity contribution in [2.75, 3.05) is 64.8 Å². The van der Waals surface area contributed by atoms with E-state index in [0.717, 1.165) is 0 Å².